The van der Waals surface area contributed by atoms with E-state index in [2.05, 4.69) is 41.5 Å². The standard InChI is InChI=1S/C13H16ClN3/c1-10-4-3-5-11(6-10)7-15-9-13-16-8-12(14)17(13)2/h3-6,8,15H,7,9H2,1-2H3. The molecular formula is C13H16ClN3. The van der Waals surface area contributed by atoms with Crippen molar-refractivity contribution < 1.29 is 0 Å². The van der Waals surface area contributed by atoms with Gasteiger partial charge in [0, 0.05) is 13.6 Å². The van der Waals surface area contributed by atoms with Crippen LogP contribution in [0.3, 0.4) is 0 Å². The summed E-state index contributed by atoms with van der Waals surface area (Å²) in [5.41, 5.74) is 2.56. The van der Waals surface area contributed by atoms with E-state index in [4.69, 9.17) is 11.6 Å². The Morgan fingerprint density at radius 3 is 2.82 bits per heavy atom. The van der Waals surface area contributed by atoms with Crippen molar-refractivity contribution in [1.29, 1.82) is 0 Å². The summed E-state index contributed by atoms with van der Waals surface area (Å²) in [4.78, 5) is 4.23. The second-order valence-electron chi connectivity index (χ2n) is 4.15. The first-order chi connectivity index (χ1) is 8.16. The van der Waals surface area contributed by atoms with Crippen LogP contribution in [0, 0.1) is 6.92 Å². The Kier molecular flexibility index (Phi) is 3.82. The van der Waals surface area contributed by atoms with Gasteiger partial charge in [-0.2, -0.15) is 0 Å². The molecule has 0 aliphatic carbocycles. The van der Waals surface area contributed by atoms with E-state index in [1.54, 1.807) is 6.20 Å². The topological polar surface area (TPSA) is 29.9 Å². The second-order valence-corrected chi connectivity index (χ2v) is 4.54. The molecule has 0 radical (unpaired) electrons. The maximum absolute atomic E-state index is 5.92. The molecule has 1 heterocycles. The smallest absolute Gasteiger partial charge is 0.128 e. The molecule has 0 bridgehead atoms. The highest BCUT2D eigenvalue weighted by molar-refractivity contribution is 6.29. The lowest BCUT2D eigenvalue weighted by Gasteiger charge is -2.06. The number of halogens is 1. The van der Waals surface area contributed by atoms with Crippen molar-refractivity contribution in [3.8, 4) is 0 Å². The van der Waals surface area contributed by atoms with E-state index in [0.717, 1.165) is 18.9 Å². The van der Waals surface area contributed by atoms with Crippen LogP contribution >= 0.6 is 11.6 Å². The van der Waals surface area contributed by atoms with Gasteiger partial charge in [-0.05, 0) is 12.5 Å². The van der Waals surface area contributed by atoms with Gasteiger partial charge in [-0.25, -0.2) is 4.98 Å². The summed E-state index contributed by atoms with van der Waals surface area (Å²) in [5.74, 6) is 0.947. The lowest BCUT2D eigenvalue weighted by molar-refractivity contribution is 0.639. The van der Waals surface area contributed by atoms with Crippen LogP contribution in [-0.2, 0) is 20.1 Å². The highest BCUT2D eigenvalue weighted by Gasteiger charge is 2.03. The van der Waals surface area contributed by atoms with Crippen LogP contribution in [0.2, 0.25) is 5.15 Å². The van der Waals surface area contributed by atoms with E-state index in [1.807, 2.05) is 11.6 Å². The van der Waals surface area contributed by atoms with E-state index in [9.17, 15) is 0 Å². The first kappa shape index (κ1) is 12.1. The van der Waals surface area contributed by atoms with Crippen LogP contribution in [0.1, 0.15) is 17.0 Å². The summed E-state index contributed by atoms with van der Waals surface area (Å²) >= 11 is 5.92. The third-order valence-electron chi connectivity index (χ3n) is 2.72. The molecule has 0 atom stereocenters. The fourth-order valence-electron chi connectivity index (χ4n) is 1.73. The van der Waals surface area contributed by atoms with Crippen molar-refractivity contribution in [1.82, 2.24) is 14.9 Å². The fraction of sp³-hybridized carbons (Fsp3) is 0.308. The zero-order valence-electron chi connectivity index (χ0n) is 10.1. The minimum absolute atomic E-state index is 0.664. The maximum Gasteiger partial charge on any atom is 0.128 e. The van der Waals surface area contributed by atoms with Crippen LogP contribution in [0.25, 0.3) is 0 Å². The van der Waals surface area contributed by atoms with Gasteiger partial charge in [0.25, 0.3) is 0 Å². The van der Waals surface area contributed by atoms with Gasteiger partial charge >= 0.3 is 0 Å². The molecule has 0 fully saturated rings. The van der Waals surface area contributed by atoms with Crippen molar-refractivity contribution >= 4 is 11.6 Å². The summed E-state index contributed by atoms with van der Waals surface area (Å²) in [6.45, 7) is 3.66. The van der Waals surface area contributed by atoms with Crippen LogP contribution < -0.4 is 5.32 Å². The summed E-state index contributed by atoms with van der Waals surface area (Å²) in [7, 11) is 1.92. The van der Waals surface area contributed by atoms with Gasteiger partial charge in [-0.1, -0.05) is 41.4 Å². The predicted molar refractivity (Wildman–Crippen MR) is 69.9 cm³/mol. The third kappa shape index (κ3) is 3.08. The van der Waals surface area contributed by atoms with Gasteiger partial charge in [0.1, 0.15) is 11.0 Å². The Hall–Kier alpha value is -1.32. The van der Waals surface area contributed by atoms with E-state index >= 15 is 0 Å². The summed E-state index contributed by atoms with van der Waals surface area (Å²) in [5, 5.41) is 4.02. The minimum Gasteiger partial charge on any atom is -0.321 e. The van der Waals surface area contributed by atoms with Gasteiger partial charge in [0.15, 0.2) is 0 Å². The molecule has 0 spiro atoms. The monoisotopic (exact) mass is 249 g/mol. The molecule has 4 heteroatoms. The number of aryl methyl sites for hydroxylation is 1. The highest BCUT2D eigenvalue weighted by Crippen LogP contribution is 2.09. The number of nitrogens with zero attached hydrogens (tertiary/aromatic N) is 2. The van der Waals surface area contributed by atoms with Crippen molar-refractivity contribution in [3.05, 3.63) is 52.6 Å². The average molecular weight is 250 g/mol. The number of imidazole rings is 1. The van der Waals surface area contributed by atoms with Gasteiger partial charge in [-0.15, -0.1) is 0 Å². The SMILES string of the molecule is Cc1cccc(CNCc2ncc(Cl)n2C)c1. The van der Waals surface area contributed by atoms with Crippen molar-refractivity contribution in [2.24, 2.45) is 7.05 Å². The summed E-state index contributed by atoms with van der Waals surface area (Å²) < 4.78 is 1.88. The molecule has 0 amide bonds. The van der Waals surface area contributed by atoms with Crippen LogP contribution in [0.5, 0.6) is 0 Å². The molecule has 2 aromatic rings. The number of hydrogen-bond donors (Lipinski definition) is 1. The minimum atomic E-state index is 0.664. The molecule has 0 aliphatic heterocycles. The van der Waals surface area contributed by atoms with Crippen LogP contribution in [0.4, 0.5) is 0 Å². The molecule has 2 rings (SSSR count). The van der Waals surface area contributed by atoms with Gasteiger partial charge < -0.3 is 9.88 Å². The number of nitrogens with one attached hydrogen (secondary N) is 1. The van der Waals surface area contributed by atoms with E-state index in [1.165, 1.54) is 11.1 Å². The zero-order chi connectivity index (χ0) is 12.3. The Balaban J connectivity index is 1.90. The Labute approximate surface area is 106 Å². The molecule has 0 aliphatic rings. The molecule has 17 heavy (non-hydrogen) atoms. The molecule has 0 unspecified atom stereocenters. The van der Waals surface area contributed by atoms with Gasteiger partial charge in [-0.3, -0.25) is 0 Å². The zero-order valence-corrected chi connectivity index (χ0v) is 10.8. The number of benzene rings is 1. The lowest BCUT2D eigenvalue weighted by atomic mass is 10.1. The van der Waals surface area contributed by atoms with E-state index < -0.39 is 0 Å². The molecule has 0 saturated heterocycles. The molecule has 1 N–H and O–H groups in total. The fourth-order valence-corrected chi connectivity index (χ4v) is 1.88. The first-order valence-corrected chi connectivity index (χ1v) is 5.97. The molecule has 0 saturated carbocycles. The highest BCUT2D eigenvalue weighted by atomic mass is 35.5. The van der Waals surface area contributed by atoms with Crippen molar-refractivity contribution in [2.75, 3.05) is 0 Å². The quantitative estimate of drug-likeness (QED) is 0.903. The number of hydrogen-bond acceptors (Lipinski definition) is 2. The molecule has 3 nitrogen and oxygen atoms in total. The Morgan fingerprint density at radius 1 is 1.35 bits per heavy atom. The third-order valence-corrected chi connectivity index (χ3v) is 3.07. The number of rotatable bonds is 4. The lowest BCUT2D eigenvalue weighted by Crippen LogP contribution is -2.15. The van der Waals surface area contributed by atoms with E-state index in [0.29, 0.717) is 5.15 Å². The predicted octanol–water partition coefficient (Wildman–Crippen LogP) is 2.67. The summed E-state index contributed by atoms with van der Waals surface area (Å²) in [6, 6.07) is 8.47. The average Bonchev–Trinajstić information content (AvgIpc) is 2.61. The first-order valence-electron chi connectivity index (χ1n) is 5.59. The Bertz CT molecular complexity index is 505. The molecular weight excluding hydrogens is 234 g/mol. The van der Waals surface area contributed by atoms with Crippen LogP contribution in [-0.4, -0.2) is 9.55 Å². The van der Waals surface area contributed by atoms with Crippen LogP contribution in [0.15, 0.2) is 30.5 Å². The van der Waals surface area contributed by atoms with Crippen molar-refractivity contribution in [2.45, 2.75) is 20.0 Å². The van der Waals surface area contributed by atoms with Gasteiger partial charge in [0.2, 0.25) is 0 Å². The Morgan fingerprint density at radius 2 is 2.18 bits per heavy atom. The normalized spacial score (nSPS) is 10.8. The van der Waals surface area contributed by atoms with Crippen molar-refractivity contribution in [3.63, 3.8) is 0 Å². The number of aromatic nitrogens is 2. The van der Waals surface area contributed by atoms with Gasteiger partial charge in [0.05, 0.1) is 12.7 Å². The summed E-state index contributed by atoms with van der Waals surface area (Å²) in [6.07, 6.45) is 1.67. The maximum atomic E-state index is 5.92. The second kappa shape index (κ2) is 5.34. The molecule has 1 aromatic carbocycles. The largest absolute Gasteiger partial charge is 0.321 e. The molecule has 1 aromatic heterocycles. The van der Waals surface area contributed by atoms with E-state index in [-0.39, 0.29) is 0 Å². The molecule has 90 valence electrons.